The Morgan fingerprint density at radius 3 is 2.81 bits per heavy atom. The van der Waals surface area contributed by atoms with Gasteiger partial charge in [-0.2, -0.15) is 0 Å². The van der Waals surface area contributed by atoms with E-state index in [-0.39, 0.29) is 0 Å². The van der Waals surface area contributed by atoms with E-state index in [9.17, 15) is 0 Å². The van der Waals surface area contributed by atoms with E-state index in [2.05, 4.69) is 42.5 Å². The van der Waals surface area contributed by atoms with Crippen LogP contribution in [0.4, 0.5) is 0 Å². The number of rotatable bonds is 1. The second-order valence-electron chi connectivity index (χ2n) is 4.16. The van der Waals surface area contributed by atoms with Crippen LogP contribution in [0.1, 0.15) is 5.56 Å². The van der Waals surface area contributed by atoms with Gasteiger partial charge in [-0.05, 0) is 11.6 Å². The highest BCUT2D eigenvalue weighted by atomic mass is 15.0. The van der Waals surface area contributed by atoms with Crippen LogP contribution in [0.25, 0.3) is 29.1 Å². The molecule has 1 aliphatic rings. The van der Waals surface area contributed by atoms with E-state index in [1.54, 1.807) is 0 Å². The van der Waals surface area contributed by atoms with Crippen LogP contribution in [-0.2, 0) is 6.54 Å². The highest BCUT2D eigenvalue weighted by Crippen LogP contribution is 2.29. The zero-order valence-electron chi connectivity index (χ0n) is 9.16. The fraction of sp³-hybridized carbons (Fsp3) is 0.0667. The second kappa shape index (κ2) is 2.99. The minimum absolute atomic E-state index is 0.866. The summed E-state index contributed by atoms with van der Waals surface area (Å²) in [5.74, 6) is 0. The van der Waals surface area contributed by atoms with Gasteiger partial charge in [-0.15, -0.1) is 0 Å². The van der Waals surface area contributed by atoms with Gasteiger partial charge in [-0.1, -0.05) is 44.0 Å². The molecule has 2 aromatic rings. The highest BCUT2D eigenvalue weighted by molar-refractivity contribution is 5.95. The maximum atomic E-state index is 4.16. The monoisotopic (exact) mass is 207 g/mol. The minimum Gasteiger partial charge on any atom is -0.335 e. The third-order valence-corrected chi connectivity index (χ3v) is 3.24. The van der Waals surface area contributed by atoms with Gasteiger partial charge in [0.25, 0.3) is 0 Å². The fourth-order valence-electron chi connectivity index (χ4n) is 2.53. The van der Waals surface area contributed by atoms with Gasteiger partial charge in [0.15, 0.2) is 0 Å². The van der Waals surface area contributed by atoms with Gasteiger partial charge >= 0.3 is 0 Å². The lowest BCUT2D eigenvalue weighted by molar-refractivity contribution is 0.872. The van der Waals surface area contributed by atoms with Crippen molar-refractivity contribution in [1.29, 1.82) is 0 Å². The zero-order chi connectivity index (χ0) is 11.3. The van der Waals surface area contributed by atoms with Crippen LogP contribution >= 0.6 is 0 Å². The van der Waals surface area contributed by atoms with Crippen molar-refractivity contribution in [2.45, 2.75) is 6.54 Å². The van der Waals surface area contributed by atoms with E-state index in [0.29, 0.717) is 0 Å². The largest absolute Gasteiger partial charge is 0.335 e. The Labute approximate surface area is 94.3 Å². The summed E-state index contributed by atoms with van der Waals surface area (Å²) in [5.41, 5.74) is 3.70. The molecule has 16 heavy (non-hydrogen) atoms. The van der Waals surface area contributed by atoms with Gasteiger partial charge in [-0.25, -0.2) is 0 Å². The van der Waals surface area contributed by atoms with Gasteiger partial charge in [0, 0.05) is 28.1 Å². The van der Waals surface area contributed by atoms with Crippen LogP contribution in [0, 0.1) is 0 Å². The van der Waals surface area contributed by atoms with Crippen LogP contribution in [-0.4, -0.2) is 4.57 Å². The molecule has 3 rings (SSSR count). The van der Waals surface area contributed by atoms with Gasteiger partial charge in [0.1, 0.15) is 0 Å². The Bertz CT molecular complexity index is 729. The number of benzene rings is 1. The smallest absolute Gasteiger partial charge is 0.0571 e. The molecule has 1 heteroatoms. The molecule has 0 spiro atoms. The van der Waals surface area contributed by atoms with E-state index >= 15 is 0 Å². The first-order valence-corrected chi connectivity index (χ1v) is 5.35. The molecule has 0 atom stereocenters. The van der Waals surface area contributed by atoms with Crippen molar-refractivity contribution in [1.82, 2.24) is 4.57 Å². The van der Waals surface area contributed by atoms with Crippen molar-refractivity contribution >= 4 is 29.1 Å². The van der Waals surface area contributed by atoms with Crippen LogP contribution < -0.4 is 10.6 Å². The highest BCUT2D eigenvalue weighted by Gasteiger charge is 2.18. The van der Waals surface area contributed by atoms with Gasteiger partial charge < -0.3 is 4.57 Å². The zero-order valence-corrected chi connectivity index (χ0v) is 9.16. The number of nitrogens with zero attached hydrogens (tertiary/aromatic N) is 1. The molecular formula is C15H13N. The Kier molecular flexibility index (Phi) is 1.72. The molecule has 2 heterocycles. The quantitative estimate of drug-likeness (QED) is 0.674. The van der Waals surface area contributed by atoms with Crippen LogP contribution in [0.5, 0.6) is 0 Å². The Balaban J connectivity index is 2.65. The number of hydrogen-bond donors (Lipinski definition) is 0. The molecule has 78 valence electrons. The molecule has 0 amide bonds. The summed E-state index contributed by atoms with van der Waals surface area (Å²) < 4.78 is 2.27. The normalized spacial score (nSPS) is 15.0. The number of hydrogen-bond acceptors (Lipinski definition) is 0. The first-order chi connectivity index (χ1) is 7.74. The molecule has 0 saturated heterocycles. The van der Waals surface area contributed by atoms with Crippen molar-refractivity contribution in [2.75, 3.05) is 0 Å². The summed E-state index contributed by atoms with van der Waals surface area (Å²) in [6, 6.07) is 6.33. The Morgan fingerprint density at radius 2 is 2.06 bits per heavy atom. The van der Waals surface area contributed by atoms with Gasteiger partial charge in [-0.3, -0.25) is 0 Å². The molecule has 1 nitrogen and oxygen atoms in total. The maximum absolute atomic E-state index is 4.16. The minimum atomic E-state index is 0.866. The summed E-state index contributed by atoms with van der Waals surface area (Å²) in [4.78, 5) is 0. The third-order valence-electron chi connectivity index (χ3n) is 3.24. The number of para-hydroxylation sites is 1. The predicted molar refractivity (Wildman–Crippen MR) is 70.4 cm³/mol. The van der Waals surface area contributed by atoms with Gasteiger partial charge in [0.2, 0.25) is 0 Å². The molecule has 1 aromatic carbocycles. The molecule has 1 aromatic heterocycles. The second-order valence-corrected chi connectivity index (χ2v) is 4.16. The SMILES string of the molecule is C=C/C=c1\c(=C)c2cccc3c2n1CC3=C. The van der Waals surface area contributed by atoms with Crippen molar-refractivity contribution in [3.8, 4) is 0 Å². The molecule has 0 bridgehead atoms. The predicted octanol–water partition coefficient (Wildman–Crippen LogP) is 2.04. The standard InChI is InChI=1S/C15H13N/c1-4-6-14-11(3)13-8-5-7-12-10(2)9-16(14)15(12)13/h4-8H,1-3,9H2/b14-6+. The van der Waals surface area contributed by atoms with Crippen molar-refractivity contribution < 1.29 is 0 Å². The molecule has 0 aliphatic carbocycles. The third kappa shape index (κ3) is 0.951. The number of aromatic nitrogens is 1. The van der Waals surface area contributed by atoms with E-state index in [1.807, 2.05) is 12.2 Å². The van der Waals surface area contributed by atoms with E-state index in [0.717, 1.165) is 17.1 Å². The fourth-order valence-corrected chi connectivity index (χ4v) is 2.53. The van der Waals surface area contributed by atoms with Crippen LogP contribution in [0.2, 0.25) is 0 Å². The summed E-state index contributed by atoms with van der Waals surface area (Å²) in [5, 5.41) is 3.46. The lowest BCUT2D eigenvalue weighted by atomic mass is 10.1. The average Bonchev–Trinajstić information content (AvgIpc) is 2.74. The summed E-state index contributed by atoms with van der Waals surface area (Å²) in [6.45, 7) is 12.9. The van der Waals surface area contributed by atoms with Crippen molar-refractivity contribution in [3.05, 3.63) is 53.6 Å². The summed E-state index contributed by atoms with van der Waals surface area (Å²) in [6.07, 6.45) is 3.83. The molecule has 1 aliphatic heterocycles. The average molecular weight is 207 g/mol. The molecule has 0 N–H and O–H groups in total. The first kappa shape index (κ1) is 9.22. The van der Waals surface area contributed by atoms with Crippen molar-refractivity contribution in [3.63, 3.8) is 0 Å². The topological polar surface area (TPSA) is 4.93 Å². The summed E-state index contributed by atoms with van der Waals surface area (Å²) >= 11 is 0. The van der Waals surface area contributed by atoms with Crippen molar-refractivity contribution in [2.24, 2.45) is 0 Å². The van der Waals surface area contributed by atoms with E-state index < -0.39 is 0 Å². The van der Waals surface area contributed by atoms with Crippen LogP contribution in [0.3, 0.4) is 0 Å². The van der Waals surface area contributed by atoms with E-state index in [1.165, 1.54) is 22.0 Å². The summed E-state index contributed by atoms with van der Waals surface area (Å²) in [7, 11) is 0. The first-order valence-electron chi connectivity index (χ1n) is 5.35. The molecule has 0 unspecified atom stereocenters. The number of allylic oxidation sites excluding steroid dienone is 2. The molecule has 0 radical (unpaired) electrons. The molecule has 0 fully saturated rings. The molecular weight excluding hydrogens is 194 g/mol. The lowest BCUT2D eigenvalue weighted by Gasteiger charge is -1.96. The molecule has 0 saturated carbocycles. The van der Waals surface area contributed by atoms with Crippen LogP contribution in [0.15, 0.2) is 37.4 Å². The Hall–Kier alpha value is -2.02. The Morgan fingerprint density at radius 1 is 1.25 bits per heavy atom. The maximum Gasteiger partial charge on any atom is 0.0571 e. The van der Waals surface area contributed by atoms with Gasteiger partial charge in [0.05, 0.1) is 5.52 Å². The lowest BCUT2D eigenvalue weighted by Crippen LogP contribution is -2.27. The van der Waals surface area contributed by atoms with E-state index in [4.69, 9.17) is 0 Å².